The van der Waals surface area contributed by atoms with E-state index in [-0.39, 0.29) is 22.7 Å². The summed E-state index contributed by atoms with van der Waals surface area (Å²) in [6, 6.07) is 22.5. The van der Waals surface area contributed by atoms with E-state index in [1.54, 1.807) is 67.6 Å². The highest BCUT2D eigenvalue weighted by molar-refractivity contribution is 7.92. The smallest absolute Gasteiger partial charge is 0.264 e. The SMILES string of the molecule is Cc1ccccc1N(CC(=O)Nc1ccccc1C(=O)NCc1ccco1)S(=O)(=O)c1ccc(Cl)cc1. The summed E-state index contributed by atoms with van der Waals surface area (Å²) in [6.07, 6.45) is 1.51. The lowest BCUT2D eigenvalue weighted by Crippen LogP contribution is -2.38. The summed E-state index contributed by atoms with van der Waals surface area (Å²) in [7, 11) is -4.12. The number of aryl methyl sites for hydroxylation is 1. The predicted octanol–water partition coefficient (Wildman–Crippen LogP) is 5.01. The molecule has 0 aliphatic rings. The zero-order chi connectivity index (χ0) is 26.4. The molecule has 1 heterocycles. The Morgan fingerprint density at radius 2 is 1.62 bits per heavy atom. The van der Waals surface area contributed by atoms with Gasteiger partial charge in [0, 0.05) is 5.02 Å². The number of furan rings is 1. The minimum atomic E-state index is -4.12. The molecule has 0 spiro atoms. The molecule has 190 valence electrons. The van der Waals surface area contributed by atoms with E-state index in [1.165, 1.54) is 30.5 Å². The lowest BCUT2D eigenvalue weighted by Gasteiger charge is -2.25. The normalized spacial score (nSPS) is 11.1. The van der Waals surface area contributed by atoms with Crippen LogP contribution in [0.5, 0.6) is 0 Å². The van der Waals surface area contributed by atoms with Gasteiger partial charge in [-0.3, -0.25) is 13.9 Å². The van der Waals surface area contributed by atoms with Crippen LogP contribution in [0.3, 0.4) is 0 Å². The fraction of sp³-hybridized carbons (Fsp3) is 0.111. The van der Waals surface area contributed by atoms with E-state index in [2.05, 4.69) is 10.6 Å². The Hall–Kier alpha value is -4.08. The number of para-hydroxylation sites is 2. The van der Waals surface area contributed by atoms with Gasteiger partial charge in [0.05, 0.1) is 34.6 Å². The molecule has 0 aliphatic carbocycles. The van der Waals surface area contributed by atoms with Crippen LogP contribution >= 0.6 is 11.6 Å². The van der Waals surface area contributed by atoms with Crippen molar-refractivity contribution < 1.29 is 22.4 Å². The van der Waals surface area contributed by atoms with Gasteiger partial charge in [0.25, 0.3) is 15.9 Å². The van der Waals surface area contributed by atoms with Crippen molar-refractivity contribution in [2.24, 2.45) is 0 Å². The van der Waals surface area contributed by atoms with Crippen molar-refractivity contribution in [1.29, 1.82) is 0 Å². The number of anilines is 2. The highest BCUT2D eigenvalue weighted by Gasteiger charge is 2.28. The first-order valence-corrected chi connectivity index (χ1v) is 13.1. The maximum Gasteiger partial charge on any atom is 0.264 e. The van der Waals surface area contributed by atoms with Gasteiger partial charge in [-0.1, -0.05) is 41.9 Å². The number of halogens is 1. The molecule has 0 bridgehead atoms. The standard InChI is InChI=1S/C27H24ClN3O5S/c1-19-7-2-5-11-25(19)31(37(34,35)22-14-12-20(28)13-15-22)18-26(32)30-24-10-4-3-9-23(24)27(33)29-17-21-8-6-16-36-21/h2-16H,17-18H2,1H3,(H,29,33)(H,30,32). The van der Waals surface area contributed by atoms with Crippen LogP contribution in [0.4, 0.5) is 11.4 Å². The van der Waals surface area contributed by atoms with Crippen LogP contribution in [-0.2, 0) is 21.4 Å². The maximum absolute atomic E-state index is 13.6. The van der Waals surface area contributed by atoms with E-state index < -0.39 is 28.4 Å². The second kappa shape index (κ2) is 11.3. The van der Waals surface area contributed by atoms with E-state index in [1.807, 2.05) is 0 Å². The Bertz CT molecular complexity index is 1500. The van der Waals surface area contributed by atoms with Gasteiger partial charge in [-0.25, -0.2) is 8.42 Å². The summed E-state index contributed by atoms with van der Waals surface area (Å²) in [5.74, 6) is -0.458. The van der Waals surface area contributed by atoms with Gasteiger partial charge in [0.1, 0.15) is 12.3 Å². The monoisotopic (exact) mass is 537 g/mol. The number of benzene rings is 3. The van der Waals surface area contributed by atoms with Crippen molar-refractivity contribution in [3.8, 4) is 0 Å². The first kappa shape index (κ1) is 26.0. The quantitative estimate of drug-likeness (QED) is 0.312. The number of hydrogen-bond donors (Lipinski definition) is 2. The molecule has 3 aromatic carbocycles. The topological polar surface area (TPSA) is 109 Å². The number of rotatable bonds is 9. The molecule has 0 saturated heterocycles. The molecule has 0 fully saturated rings. The molecule has 2 amide bonds. The second-order valence-corrected chi connectivity index (χ2v) is 10.4. The number of sulfonamides is 1. The number of nitrogens with zero attached hydrogens (tertiary/aromatic N) is 1. The lowest BCUT2D eigenvalue weighted by atomic mass is 10.1. The molecular weight excluding hydrogens is 514 g/mol. The van der Waals surface area contributed by atoms with Gasteiger partial charge in [0.15, 0.2) is 0 Å². The molecule has 2 N–H and O–H groups in total. The molecule has 10 heteroatoms. The van der Waals surface area contributed by atoms with Crippen molar-refractivity contribution >= 4 is 44.8 Å². The minimum Gasteiger partial charge on any atom is -0.467 e. The average molecular weight is 538 g/mol. The molecule has 0 radical (unpaired) electrons. The number of carbonyl (C=O) groups excluding carboxylic acids is 2. The number of nitrogens with one attached hydrogen (secondary N) is 2. The van der Waals surface area contributed by atoms with Gasteiger partial charge in [-0.15, -0.1) is 0 Å². The van der Waals surface area contributed by atoms with Crippen molar-refractivity contribution in [2.75, 3.05) is 16.2 Å². The second-order valence-electron chi connectivity index (χ2n) is 8.11. The Kier molecular flexibility index (Phi) is 7.95. The third-order valence-corrected chi connectivity index (χ3v) is 7.55. The van der Waals surface area contributed by atoms with Crippen LogP contribution in [0.1, 0.15) is 21.7 Å². The molecule has 0 aliphatic heterocycles. The largest absolute Gasteiger partial charge is 0.467 e. The Labute approximate surface area is 219 Å². The number of carbonyl (C=O) groups is 2. The Morgan fingerprint density at radius 1 is 0.919 bits per heavy atom. The Balaban J connectivity index is 1.58. The lowest BCUT2D eigenvalue weighted by molar-refractivity contribution is -0.114. The fourth-order valence-electron chi connectivity index (χ4n) is 3.66. The summed E-state index contributed by atoms with van der Waals surface area (Å²) >= 11 is 5.94. The van der Waals surface area contributed by atoms with Gasteiger partial charge in [-0.05, 0) is 67.1 Å². The number of amides is 2. The molecular formula is C27H24ClN3O5S. The summed E-state index contributed by atoms with van der Waals surface area (Å²) < 4.78 is 33.4. The molecule has 4 rings (SSSR count). The van der Waals surface area contributed by atoms with Crippen LogP contribution in [0.15, 0.2) is 101 Å². The van der Waals surface area contributed by atoms with Crippen molar-refractivity contribution in [3.63, 3.8) is 0 Å². The highest BCUT2D eigenvalue weighted by atomic mass is 35.5. The van der Waals surface area contributed by atoms with Crippen molar-refractivity contribution in [2.45, 2.75) is 18.4 Å². The first-order valence-electron chi connectivity index (χ1n) is 11.3. The van der Waals surface area contributed by atoms with Gasteiger partial charge >= 0.3 is 0 Å². The molecule has 0 atom stereocenters. The van der Waals surface area contributed by atoms with E-state index in [0.29, 0.717) is 22.0 Å². The summed E-state index contributed by atoms with van der Waals surface area (Å²) in [4.78, 5) is 25.9. The van der Waals surface area contributed by atoms with Crippen molar-refractivity contribution in [1.82, 2.24) is 5.32 Å². The van der Waals surface area contributed by atoms with E-state index in [0.717, 1.165) is 4.31 Å². The van der Waals surface area contributed by atoms with E-state index >= 15 is 0 Å². The van der Waals surface area contributed by atoms with Crippen LogP contribution in [0.2, 0.25) is 5.02 Å². The fourth-order valence-corrected chi connectivity index (χ4v) is 5.27. The highest BCUT2D eigenvalue weighted by Crippen LogP contribution is 2.27. The van der Waals surface area contributed by atoms with Crippen molar-refractivity contribution in [3.05, 3.63) is 113 Å². The molecule has 8 nitrogen and oxygen atoms in total. The summed E-state index contributed by atoms with van der Waals surface area (Å²) in [6.45, 7) is 1.42. The van der Waals surface area contributed by atoms with Crippen LogP contribution in [0.25, 0.3) is 0 Å². The van der Waals surface area contributed by atoms with Crippen LogP contribution < -0.4 is 14.9 Å². The van der Waals surface area contributed by atoms with Gasteiger partial charge in [0.2, 0.25) is 5.91 Å². The van der Waals surface area contributed by atoms with Crippen LogP contribution in [0, 0.1) is 6.92 Å². The maximum atomic E-state index is 13.6. The summed E-state index contributed by atoms with van der Waals surface area (Å²) in [5, 5.41) is 5.81. The van der Waals surface area contributed by atoms with E-state index in [9.17, 15) is 18.0 Å². The molecule has 1 aromatic heterocycles. The third kappa shape index (κ3) is 6.19. The molecule has 4 aromatic rings. The summed E-state index contributed by atoms with van der Waals surface area (Å²) in [5.41, 5.74) is 1.51. The molecule has 37 heavy (non-hydrogen) atoms. The molecule has 0 saturated carbocycles. The molecule has 0 unspecified atom stereocenters. The third-order valence-electron chi connectivity index (χ3n) is 5.52. The van der Waals surface area contributed by atoms with Gasteiger partial charge < -0.3 is 15.1 Å². The van der Waals surface area contributed by atoms with Gasteiger partial charge in [-0.2, -0.15) is 0 Å². The number of hydrogen-bond acceptors (Lipinski definition) is 5. The first-order chi connectivity index (χ1) is 17.8. The minimum absolute atomic E-state index is 0.00865. The predicted molar refractivity (Wildman–Crippen MR) is 142 cm³/mol. The van der Waals surface area contributed by atoms with Crippen LogP contribution in [-0.4, -0.2) is 26.8 Å². The average Bonchev–Trinajstić information content (AvgIpc) is 3.41. The van der Waals surface area contributed by atoms with E-state index in [4.69, 9.17) is 16.0 Å². The zero-order valence-corrected chi connectivity index (χ0v) is 21.4. The Morgan fingerprint density at radius 3 is 2.32 bits per heavy atom. The zero-order valence-electron chi connectivity index (χ0n) is 19.8.